The van der Waals surface area contributed by atoms with Crippen molar-refractivity contribution in [2.24, 2.45) is 0 Å². The Labute approximate surface area is 235 Å². The van der Waals surface area contributed by atoms with Gasteiger partial charge in [0.1, 0.15) is 11.3 Å². The first-order valence-electron chi connectivity index (χ1n) is 13.7. The molecule has 3 aromatic carbocycles. The molecule has 7 nitrogen and oxygen atoms in total. The molecular formula is C33H37N3O4. The van der Waals surface area contributed by atoms with E-state index in [4.69, 9.17) is 4.74 Å². The number of ether oxygens (including phenoxy) is 1. The van der Waals surface area contributed by atoms with Gasteiger partial charge in [0.15, 0.2) is 0 Å². The fraction of sp³-hybridized carbons (Fsp3) is 0.303. The predicted molar refractivity (Wildman–Crippen MR) is 159 cm³/mol. The Morgan fingerprint density at radius 3 is 2.20 bits per heavy atom. The van der Waals surface area contributed by atoms with Crippen molar-refractivity contribution in [1.29, 1.82) is 0 Å². The molecule has 2 amide bonds. The number of aromatic nitrogens is 1. The molecule has 0 radical (unpaired) electrons. The van der Waals surface area contributed by atoms with Crippen LogP contribution in [0, 0.1) is 6.92 Å². The lowest BCUT2D eigenvalue weighted by molar-refractivity contribution is -0.131. The summed E-state index contributed by atoms with van der Waals surface area (Å²) in [6.07, 6.45) is 2.90. The van der Waals surface area contributed by atoms with Crippen LogP contribution in [-0.4, -0.2) is 36.4 Å². The first-order valence-corrected chi connectivity index (χ1v) is 13.7. The molecule has 0 spiro atoms. The van der Waals surface area contributed by atoms with E-state index < -0.39 is 5.54 Å². The second-order valence-corrected chi connectivity index (χ2v) is 10.1. The lowest BCUT2D eigenvalue weighted by atomic mass is 9.81. The number of nitrogens with zero attached hydrogens (tertiary/aromatic N) is 2. The predicted octanol–water partition coefficient (Wildman–Crippen LogP) is 6.22. The molecule has 1 aromatic heterocycles. The summed E-state index contributed by atoms with van der Waals surface area (Å²) in [5.41, 5.74) is 1.64. The van der Waals surface area contributed by atoms with Gasteiger partial charge in [-0.1, -0.05) is 62.6 Å². The number of carbonyl (C=O) groups is 3. The summed E-state index contributed by atoms with van der Waals surface area (Å²) in [4.78, 5) is 43.1. The van der Waals surface area contributed by atoms with Gasteiger partial charge < -0.3 is 15.0 Å². The monoisotopic (exact) mass is 539 g/mol. The van der Waals surface area contributed by atoms with Gasteiger partial charge >= 0.3 is 0 Å². The second kappa shape index (κ2) is 12.2. The summed E-state index contributed by atoms with van der Waals surface area (Å²) in [5.74, 6) is -0.230. The van der Waals surface area contributed by atoms with Crippen LogP contribution in [0.4, 0.5) is 5.69 Å². The smallest absolute Gasteiger partial charge is 0.262 e. The molecular weight excluding hydrogens is 502 g/mol. The first-order chi connectivity index (χ1) is 19.2. The van der Waals surface area contributed by atoms with Crippen molar-refractivity contribution in [2.45, 2.75) is 52.0 Å². The van der Waals surface area contributed by atoms with Crippen molar-refractivity contribution in [3.05, 3.63) is 95.7 Å². The highest BCUT2D eigenvalue weighted by molar-refractivity contribution is 6.09. The van der Waals surface area contributed by atoms with Crippen molar-refractivity contribution in [3.8, 4) is 5.75 Å². The van der Waals surface area contributed by atoms with Crippen LogP contribution in [0.15, 0.2) is 78.9 Å². The molecule has 0 aliphatic heterocycles. The quantitative estimate of drug-likeness (QED) is 0.243. The maximum absolute atomic E-state index is 14.7. The highest BCUT2D eigenvalue weighted by atomic mass is 16.5. The molecule has 4 aromatic rings. The van der Waals surface area contributed by atoms with Crippen LogP contribution in [0.3, 0.4) is 0 Å². The Hall–Kier alpha value is -4.39. The van der Waals surface area contributed by atoms with Crippen LogP contribution in [0.2, 0.25) is 0 Å². The fourth-order valence-corrected chi connectivity index (χ4v) is 5.55. The van der Waals surface area contributed by atoms with Gasteiger partial charge in [-0.05, 0) is 55.8 Å². The summed E-state index contributed by atoms with van der Waals surface area (Å²) >= 11 is 0. The number of para-hydroxylation sites is 1. The molecule has 0 saturated heterocycles. The zero-order chi connectivity index (χ0) is 28.9. The standard InChI is InChI=1S/C33H37N3O4/c1-6-7-14-21-33(34-24(3)37,32(39)35(4)26-17-12-9-13-18-26)30-23(2)36(31(38)25-15-10-8-11-16-25)29-20-19-27(40-5)22-28(29)30/h8-13,15-20,22H,6-7,14,21H2,1-5H3,(H,34,37). The number of methoxy groups -OCH3 is 1. The van der Waals surface area contributed by atoms with Crippen LogP contribution in [-0.2, 0) is 15.1 Å². The van der Waals surface area contributed by atoms with Crippen molar-refractivity contribution in [2.75, 3.05) is 19.1 Å². The number of hydrogen-bond acceptors (Lipinski definition) is 4. The minimum Gasteiger partial charge on any atom is -0.497 e. The highest BCUT2D eigenvalue weighted by Crippen LogP contribution is 2.41. The van der Waals surface area contributed by atoms with E-state index in [0.717, 1.165) is 12.8 Å². The number of carbonyl (C=O) groups excluding carboxylic acids is 3. The SMILES string of the molecule is CCCCCC(NC(C)=O)(C(=O)N(C)c1ccccc1)c1c(C)n(C(=O)c2ccccc2)c2ccc(OC)cc12. The van der Waals surface area contributed by atoms with E-state index >= 15 is 0 Å². The van der Waals surface area contributed by atoms with Crippen molar-refractivity contribution in [1.82, 2.24) is 9.88 Å². The van der Waals surface area contributed by atoms with Gasteiger partial charge in [-0.3, -0.25) is 19.0 Å². The summed E-state index contributed by atoms with van der Waals surface area (Å²) in [6.45, 7) is 5.36. The number of likely N-dealkylation sites (N-methyl/N-ethyl adjacent to an activating group) is 1. The summed E-state index contributed by atoms with van der Waals surface area (Å²) in [6, 6.07) is 23.9. The lowest BCUT2D eigenvalue weighted by Gasteiger charge is -2.37. The Morgan fingerprint density at radius 1 is 0.950 bits per heavy atom. The lowest BCUT2D eigenvalue weighted by Crippen LogP contribution is -2.56. The molecule has 1 unspecified atom stereocenters. The van der Waals surface area contributed by atoms with Crippen molar-refractivity contribution in [3.63, 3.8) is 0 Å². The van der Waals surface area contributed by atoms with Crippen LogP contribution in [0.5, 0.6) is 5.75 Å². The van der Waals surface area contributed by atoms with Gasteiger partial charge in [0, 0.05) is 41.9 Å². The Bertz CT molecular complexity index is 1510. The zero-order valence-corrected chi connectivity index (χ0v) is 23.9. The maximum atomic E-state index is 14.7. The number of benzene rings is 3. The van der Waals surface area contributed by atoms with Crippen LogP contribution in [0.25, 0.3) is 10.9 Å². The van der Waals surface area contributed by atoms with Crippen LogP contribution < -0.4 is 15.0 Å². The van der Waals surface area contributed by atoms with E-state index in [1.54, 1.807) is 41.8 Å². The maximum Gasteiger partial charge on any atom is 0.262 e. The Morgan fingerprint density at radius 2 is 1.60 bits per heavy atom. The second-order valence-electron chi connectivity index (χ2n) is 10.1. The van der Waals surface area contributed by atoms with E-state index in [1.165, 1.54) is 6.92 Å². The van der Waals surface area contributed by atoms with Gasteiger partial charge in [0.2, 0.25) is 5.91 Å². The van der Waals surface area contributed by atoms with Crippen molar-refractivity contribution >= 4 is 34.3 Å². The van der Waals surface area contributed by atoms with Gasteiger partial charge in [-0.2, -0.15) is 0 Å². The number of amides is 2. The summed E-state index contributed by atoms with van der Waals surface area (Å²) < 4.78 is 7.21. The number of fused-ring (bicyclic) bond motifs is 1. The fourth-order valence-electron chi connectivity index (χ4n) is 5.55. The molecule has 0 fully saturated rings. The molecule has 1 heterocycles. The highest BCUT2D eigenvalue weighted by Gasteiger charge is 2.46. The van der Waals surface area contributed by atoms with Gasteiger partial charge in [-0.15, -0.1) is 0 Å². The number of unbranched alkanes of at least 4 members (excludes halogenated alkanes) is 2. The third-order valence-corrected chi connectivity index (χ3v) is 7.42. The molecule has 0 saturated carbocycles. The molecule has 0 aliphatic carbocycles. The van der Waals surface area contributed by atoms with E-state index in [2.05, 4.69) is 12.2 Å². The number of hydrogen-bond donors (Lipinski definition) is 1. The largest absolute Gasteiger partial charge is 0.497 e. The third-order valence-electron chi connectivity index (χ3n) is 7.42. The number of nitrogens with one attached hydrogen (secondary N) is 1. The van der Waals surface area contributed by atoms with Crippen LogP contribution >= 0.6 is 0 Å². The van der Waals surface area contributed by atoms with Gasteiger partial charge in [0.05, 0.1) is 12.6 Å². The topological polar surface area (TPSA) is 80.6 Å². The first kappa shape index (κ1) is 28.6. The van der Waals surface area contributed by atoms with E-state index in [0.29, 0.717) is 52.0 Å². The van der Waals surface area contributed by atoms with E-state index in [9.17, 15) is 14.4 Å². The average Bonchev–Trinajstić information content (AvgIpc) is 3.27. The van der Waals surface area contributed by atoms with Crippen LogP contribution in [0.1, 0.15) is 61.1 Å². The minimum absolute atomic E-state index is 0.214. The van der Waals surface area contributed by atoms with E-state index in [1.807, 2.05) is 67.6 Å². The summed E-state index contributed by atoms with van der Waals surface area (Å²) in [5, 5.41) is 3.77. The molecule has 4 rings (SSSR count). The summed E-state index contributed by atoms with van der Waals surface area (Å²) in [7, 11) is 3.30. The normalized spacial score (nSPS) is 12.5. The van der Waals surface area contributed by atoms with Crippen molar-refractivity contribution < 1.29 is 19.1 Å². The molecule has 40 heavy (non-hydrogen) atoms. The zero-order valence-electron chi connectivity index (χ0n) is 23.9. The third kappa shape index (κ3) is 5.37. The average molecular weight is 540 g/mol. The molecule has 0 bridgehead atoms. The number of anilines is 1. The minimum atomic E-state index is -1.43. The Kier molecular flexibility index (Phi) is 8.73. The molecule has 208 valence electrons. The molecule has 1 N–H and O–H groups in total. The Balaban J connectivity index is 2.06. The molecule has 1 atom stereocenters. The number of rotatable bonds is 10. The van der Waals surface area contributed by atoms with E-state index in [-0.39, 0.29) is 17.7 Å². The molecule has 0 aliphatic rings. The van der Waals surface area contributed by atoms with Gasteiger partial charge in [0.25, 0.3) is 11.8 Å². The molecule has 7 heteroatoms. The van der Waals surface area contributed by atoms with Gasteiger partial charge in [-0.25, -0.2) is 0 Å².